The summed E-state index contributed by atoms with van der Waals surface area (Å²) in [6.45, 7) is 4.91. The van der Waals surface area contributed by atoms with Gasteiger partial charge in [0.05, 0.1) is 19.3 Å². The van der Waals surface area contributed by atoms with Gasteiger partial charge in [-0.25, -0.2) is 0 Å². The van der Waals surface area contributed by atoms with E-state index in [9.17, 15) is 4.79 Å². The molecule has 3 heterocycles. The van der Waals surface area contributed by atoms with Crippen molar-refractivity contribution in [1.29, 1.82) is 0 Å². The Morgan fingerprint density at radius 1 is 1.48 bits per heavy atom. The predicted molar refractivity (Wildman–Crippen MR) is 78.8 cm³/mol. The summed E-state index contributed by atoms with van der Waals surface area (Å²) in [5.41, 5.74) is 0. The van der Waals surface area contributed by atoms with Crippen LogP contribution in [0.3, 0.4) is 0 Å². The minimum atomic E-state index is 0.0516. The van der Waals surface area contributed by atoms with E-state index >= 15 is 0 Å². The van der Waals surface area contributed by atoms with Crippen molar-refractivity contribution in [1.82, 2.24) is 20.0 Å². The van der Waals surface area contributed by atoms with E-state index in [2.05, 4.69) is 10.4 Å². The molecule has 6 nitrogen and oxygen atoms in total. The van der Waals surface area contributed by atoms with Gasteiger partial charge in [-0.15, -0.1) is 0 Å². The van der Waals surface area contributed by atoms with Gasteiger partial charge >= 0.3 is 0 Å². The van der Waals surface area contributed by atoms with E-state index in [0.717, 1.165) is 26.1 Å². The lowest BCUT2D eigenvalue weighted by molar-refractivity contribution is -0.139. The highest BCUT2D eigenvalue weighted by Crippen LogP contribution is 2.16. The molecule has 0 saturated carbocycles. The third-order valence-electron chi connectivity index (χ3n) is 4.37. The highest BCUT2D eigenvalue weighted by atomic mass is 16.5. The smallest absolute Gasteiger partial charge is 0.222 e. The zero-order valence-corrected chi connectivity index (χ0v) is 12.4. The SMILES string of the molecule is O=C(CCC1CCNC1)N1CCOC(Cn2cccn2)C1. The van der Waals surface area contributed by atoms with Gasteiger partial charge in [-0.3, -0.25) is 9.48 Å². The predicted octanol–water partition coefficient (Wildman–Crippen LogP) is 0.500. The number of hydrogen-bond acceptors (Lipinski definition) is 4. The highest BCUT2D eigenvalue weighted by molar-refractivity contribution is 5.76. The molecule has 2 aliphatic rings. The Hall–Kier alpha value is -1.40. The molecule has 21 heavy (non-hydrogen) atoms. The first-order valence-electron chi connectivity index (χ1n) is 7.89. The lowest BCUT2D eigenvalue weighted by Crippen LogP contribution is -2.47. The number of carbonyl (C=O) groups is 1. The molecule has 0 bridgehead atoms. The van der Waals surface area contributed by atoms with Crippen molar-refractivity contribution >= 4 is 5.91 Å². The average molecular weight is 292 g/mol. The van der Waals surface area contributed by atoms with E-state index in [1.807, 2.05) is 21.8 Å². The number of aromatic nitrogens is 2. The second kappa shape index (κ2) is 7.04. The van der Waals surface area contributed by atoms with Crippen LogP contribution in [-0.2, 0) is 16.1 Å². The summed E-state index contributed by atoms with van der Waals surface area (Å²) in [7, 11) is 0. The third-order valence-corrected chi connectivity index (χ3v) is 4.37. The standard InChI is InChI=1S/C15H24N4O2/c20-15(3-2-13-4-6-16-10-13)18-8-9-21-14(11-18)12-19-7-1-5-17-19/h1,5,7,13-14,16H,2-4,6,8-12H2. The van der Waals surface area contributed by atoms with E-state index < -0.39 is 0 Å². The molecule has 0 aromatic carbocycles. The van der Waals surface area contributed by atoms with Crippen LogP contribution in [0.15, 0.2) is 18.5 Å². The maximum atomic E-state index is 12.3. The highest BCUT2D eigenvalue weighted by Gasteiger charge is 2.25. The molecule has 2 atom stereocenters. The Kier molecular flexibility index (Phi) is 4.87. The molecule has 0 radical (unpaired) electrons. The van der Waals surface area contributed by atoms with Crippen LogP contribution in [0, 0.1) is 5.92 Å². The van der Waals surface area contributed by atoms with Crippen molar-refractivity contribution < 1.29 is 9.53 Å². The monoisotopic (exact) mass is 292 g/mol. The van der Waals surface area contributed by atoms with Crippen LogP contribution in [0.4, 0.5) is 0 Å². The van der Waals surface area contributed by atoms with Crippen LogP contribution < -0.4 is 5.32 Å². The zero-order chi connectivity index (χ0) is 14.5. The van der Waals surface area contributed by atoms with Gasteiger partial charge in [0.15, 0.2) is 0 Å². The van der Waals surface area contributed by atoms with E-state index in [-0.39, 0.29) is 12.0 Å². The van der Waals surface area contributed by atoms with Crippen molar-refractivity contribution in [2.45, 2.75) is 31.9 Å². The molecule has 116 valence electrons. The van der Waals surface area contributed by atoms with E-state index in [1.165, 1.54) is 6.42 Å². The van der Waals surface area contributed by atoms with Gasteiger partial charge in [-0.05, 0) is 37.9 Å². The van der Waals surface area contributed by atoms with Gasteiger partial charge in [0.25, 0.3) is 0 Å². The largest absolute Gasteiger partial charge is 0.373 e. The molecule has 2 saturated heterocycles. The number of rotatable bonds is 5. The molecular formula is C15H24N4O2. The van der Waals surface area contributed by atoms with Crippen molar-refractivity contribution in [2.24, 2.45) is 5.92 Å². The molecule has 2 aliphatic heterocycles. The molecule has 1 aromatic rings. The number of morpholine rings is 1. The zero-order valence-electron chi connectivity index (χ0n) is 12.4. The van der Waals surface area contributed by atoms with Gasteiger partial charge < -0.3 is 15.0 Å². The second-order valence-electron chi connectivity index (χ2n) is 5.96. The van der Waals surface area contributed by atoms with E-state index in [4.69, 9.17) is 4.74 Å². The molecule has 3 rings (SSSR count). The Bertz CT molecular complexity index is 443. The average Bonchev–Trinajstić information content (AvgIpc) is 3.18. The number of carbonyl (C=O) groups excluding carboxylic acids is 1. The maximum Gasteiger partial charge on any atom is 0.222 e. The fraction of sp³-hybridized carbons (Fsp3) is 0.733. The Balaban J connectivity index is 1.44. The first kappa shape index (κ1) is 14.5. The quantitative estimate of drug-likeness (QED) is 0.858. The number of nitrogens with one attached hydrogen (secondary N) is 1. The Labute approximate surface area is 125 Å². The molecule has 2 fully saturated rings. The fourth-order valence-electron chi connectivity index (χ4n) is 3.12. The summed E-state index contributed by atoms with van der Waals surface area (Å²) in [6.07, 6.45) is 6.63. The van der Waals surface area contributed by atoms with Crippen molar-refractivity contribution in [3.8, 4) is 0 Å². The van der Waals surface area contributed by atoms with Gasteiger partial charge in [0, 0.05) is 31.9 Å². The molecule has 1 aromatic heterocycles. The number of nitrogens with zero attached hydrogens (tertiary/aromatic N) is 3. The summed E-state index contributed by atoms with van der Waals surface area (Å²) in [5, 5.41) is 7.55. The summed E-state index contributed by atoms with van der Waals surface area (Å²) in [5.74, 6) is 0.950. The lowest BCUT2D eigenvalue weighted by atomic mass is 10.0. The Morgan fingerprint density at radius 3 is 3.19 bits per heavy atom. The minimum Gasteiger partial charge on any atom is -0.373 e. The van der Waals surface area contributed by atoms with Crippen LogP contribution in [0.25, 0.3) is 0 Å². The minimum absolute atomic E-state index is 0.0516. The van der Waals surface area contributed by atoms with Gasteiger partial charge in [0.1, 0.15) is 0 Å². The topological polar surface area (TPSA) is 59.4 Å². The number of amides is 1. The summed E-state index contributed by atoms with van der Waals surface area (Å²) >= 11 is 0. The molecule has 2 unspecified atom stereocenters. The first-order chi connectivity index (χ1) is 10.3. The van der Waals surface area contributed by atoms with Crippen LogP contribution >= 0.6 is 0 Å². The molecule has 1 N–H and O–H groups in total. The van der Waals surface area contributed by atoms with Gasteiger partial charge in [-0.1, -0.05) is 0 Å². The summed E-state index contributed by atoms with van der Waals surface area (Å²) in [4.78, 5) is 14.3. The van der Waals surface area contributed by atoms with Crippen LogP contribution in [-0.4, -0.2) is 59.5 Å². The van der Waals surface area contributed by atoms with E-state index in [1.54, 1.807) is 6.20 Å². The van der Waals surface area contributed by atoms with Crippen LogP contribution in [0.2, 0.25) is 0 Å². The number of ether oxygens (including phenoxy) is 1. The first-order valence-corrected chi connectivity index (χ1v) is 7.89. The molecule has 1 amide bonds. The van der Waals surface area contributed by atoms with Crippen LogP contribution in [0.5, 0.6) is 0 Å². The van der Waals surface area contributed by atoms with Gasteiger partial charge in [0.2, 0.25) is 5.91 Å². The molecule has 0 spiro atoms. The summed E-state index contributed by atoms with van der Waals surface area (Å²) in [6, 6.07) is 1.90. The van der Waals surface area contributed by atoms with Crippen LogP contribution in [0.1, 0.15) is 19.3 Å². The molecular weight excluding hydrogens is 268 g/mol. The maximum absolute atomic E-state index is 12.3. The molecule has 6 heteroatoms. The Morgan fingerprint density at radius 2 is 2.43 bits per heavy atom. The third kappa shape index (κ3) is 4.04. The normalized spacial score (nSPS) is 26.2. The van der Waals surface area contributed by atoms with E-state index in [0.29, 0.717) is 32.0 Å². The number of hydrogen-bond donors (Lipinski definition) is 1. The van der Waals surface area contributed by atoms with Crippen molar-refractivity contribution in [2.75, 3.05) is 32.8 Å². The second-order valence-corrected chi connectivity index (χ2v) is 5.96. The van der Waals surface area contributed by atoms with Gasteiger partial charge in [-0.2, -0.15) is 5.10 Å². The molecule has 0 aliphatic carbocycles. The fourth-order valence-corrected chi connectivity index (χ4v) is 3.12. The summed E-state index contributed by atoms with van der Waals surface area (Å²) < 4.78 is 7.61. The van der Waals surface area contributed by atoms with Crippen molar-refractivity contribution in [3.05, 3.63) is 18.5 Å². The van der Waals surface area contributed by atoms with Crippen molar-refractivity contribution in [3.63, 3.8) is 0 Å². The lowest BCUT2D eigenvalue weighted by Gasteiger charge is -2.33.